The van der Waals surface area contributed by atoms with Gasteiger partial charge in [-0.25, -0.2) is 9.59 Å². The first kappa shape index (κ1) is 19.8. The van der Waals surface area contributed by atoms with Crippen LogP contribution in [0, 0.1) is 5.41 Å². The standard InChI is InChI=1S/C16H24F3NO5/c1-13(2,3)25-12(22)20(4)10(11(21)23-5)6-14-7-15(8-14,24-9-14)16(17,18)19/h10H,6-9H2,1-5H3/t10-,14?,15?/m1/s1. The molecule has 1 saturated carbocycles. The molecule has 3 fully saturated rings. The van der Waals surface area contributed by atoms with Gasteiger partial charge in [-0.05, 0) is 40.0 Å². The van der Waals surface area contributed by atoms with E-state index in [9.17, 15) is 22.8 Å². The van der Waals surface area contributed by atoms with E-state index in [2.05, 4.69) is 0 Å². The molecule has 0 aromatic heterocycles. The number of likely N-dealkylation sites (N-methyl/N-ethyl adjacent to an activating group) is 1. The highest BCUT2D eigenvalue weighted by atomic mass is 19.4. The Labute approximate surface area is 144 Å². The molecule has 0 spiro atoms. The van der Waals surface area contributed by atoms with Crippen LogP contribution in [-0.2, 0) is 19.0 Å². The van der Waals surface area contributed by atoms with Gasteiger partial charge in [-0.1, -0.05) is 0 Å². The average molecular weight is 367 g/mol. The predicted molar refractivity (Wildman–Crippen MR) is 80.8 cm³/mol. The average Bonchev–Trinajstić information content (AvgIpc) is 2.97. The quantitative estimate of drug-likeness (QED) is 0.715. The molecule has 0 aromatic rings. The molecule has 3 rings (SSSR count). The van der Waals surface area contributed by atoms with E-state index in [0.29, 0.717) is 0 Å². The number of carbonyl (C=O) groups excluding carboxylic acids is 2. The number of halogens is 3. The molecule has 6 nitrogen and oxygen atoms in total. The third-order valence-corrected chi connectivity index (χ3v) is 4.74. The van der Waals surface area contributed by atoms with E-state index in [1.807, 2.05) is 0 Å². The monoisotopic (exact) mass is 367 g/mol. The van der Waals surface area contributed by atoms with Crippen molar-refractivity contribution in [3.05, 3.63) is 0 Å². The number of ether oxygens (including phenoxy) is 3. The van der Waals surface area contributed by atoms with Crippen molar-refractivity contribution in [2.75, 3.05) is 20.8 Å². The van der Waals surface area contributed by atoms with Crippen LogP contribution in [-0.4, -0.2) is 61.1 Å². The summed E-state index contributed by atoms with van der Waals surface area (Å²) >= 11 is 0. The van der Waals surface area contributed by atoms with E-state index in [1.54, 1.807) is 20.8 Å². The Morgan fingerprint density at radius 2 is 1.80 bits per heavy atom. The summed E-state index contributed by atoms with van der Waals surface area (Å²) in [6.07, 6.45) is -5.56. The Balaban J connectivity index is 2.11. The molecule has 1 atom stereocenters. The fourth-order valence-electron chi connectivity index (χ4n) is 3.53. The zero-order valence-corrected chi connectivity index (χ0v) is 15.0. The maximum Gasteiger partial charge on any atom is 0.417 e. The van der Waals surface area contributed by atoms with Crippen LogP contribution >= 0.6 is 0 Å². The maximum atomic E-state index is 13.1. The minimum absolute atomic E-state index is 0.0350. The van der Waals surface area contributed by atoms with E-state index in [-0.39, 0.29) is 25.9 Å². The van der Waals surface area contributed by atoms with Crippen LogP contribution in [0.15, 0.2) is 0 Å². The van der Waals surface area contributed by atoms with Crippen LogP contribution in [0.5, 0.6) is 0 Å². The summed E-state index contributed by atoms with van der Waals surface area (Å²) in [5, 5.41) is 0. The first-order chi connectivity index (χ1) is 11.2. The van der Waals surface area contributed by atoms with E-state index in [4.69, 9.17) is 14.2 Å². The van der Waals surface area contributed by atoms with Crippen molar-refractivity contribution in [3.63, 3.8) is 0 Å². The number of methoxy groups -OCH3 is 1. The zero-order chi connectivity index (χ0) is 19.3. The summed E-state index contributed by atoms with van der Waals surface area (Å²) in [4.78, 5) is 25.4. The second-order valence-corrected chi connectivity index (χ2v) is 7.97. The number of fused-ring (bicyclic) bond motifs is 1. The molecular formula is C16H24F3NO5. The smallest absolute Gasteiger partial charge is 0.417 e. The molecule has 2 saturated heterocycles. The first-order valence-corrected chi connectivity index (χ1v) is 7.99. The van der Waals surface area contributed by atoms with Gasteiger partial charge < -0.3 is 14.2 Å². The SMILES string of the molecule is COC(=O)[C@@H](CC12COC(C(F)(F)F)(C1)C2)N(C)C(=O)OC(C)(C)C. The minimum atomic E-state index is -4.44. The van der Waals surface area contributed by atoms with Gasteiger partial charge in [0, 0.05) is 12.5 Å². The molecule has 2 aliphatic heterocycles. The van der Waals surface area contributed by atoms with Crippen LogP contribution in [0.2, 0.25) is 0 Å². The predicted octanol–water partition coefficient (Wildman–Crippen LogP) is 2.90. The number of alkyl halides is 3. The Hall–Kier alpha value is -1.51. The molecule has 2 bridgehead atoms. The van der Waals surface area contributed by atoms with E-state index >= 15 is 0 Å². The zero-order valence-electron chi connectivity index (χ0n) is 15.0. The molecular weight excluding hydrogens is 343 g/mol. The fraction of sp³-hybridized carbons (Fsp3) is 0.875. The number of esters is 1. The maximum absolute atomic E-state index is 13.1. The van der Waals surface area contributed by atoms with Gasteiger partial charge in [0.25, 0.3) is 0 Å². The molecule has 0 radical (unpaired) electrons. The number of hydrogen-bond acceptors (Lipinski definition) is 5. The number of amides is 1. The van der Waals surface area contributed by atoms with Crippen LogP contribution in [0.4, 0.5) is 18.0 Å². The lowest BCUT2D eigenvalue weighted by atomic mass is 9.59. The van der Waals surface area contributed by atoms with Gasteiger partial charge >= 0.3 is 18.2 Å². The van der Waals surface area contributed by atoms with E-state index in [0.717, 1.165) is 4.90 Å². The highest BCUT2D eigenvalue weighted by molar-refractivity contribution is 5.81. The molecule has 9 heteroatoms. The van der Waals surface area contributed by atoms with Crippen molar-refractivity contribution in [2.45, 2.75) is 63.5 Å². The van der Waals surface area contributed by atoms with Crippen LogP contribution < -0.4 is 0 Å². The summed E-state index contributed by atoms with van der Waals surface area (Å²) in [7, 11) is 2.54. The highest BCUT2D eigenvalue weighted by Crippen LogP contribution is 2.65. The van der Waals surface area contributed by atoms with Gasteiger partial charge in [-0.15, -0.1) is 0 Å². The lowest BCUT2D eigenvalue weighted by Gasteiger charge is -2.46. The molecule has 0 unspecified atom stereocenters. The van der Waals surface area contributed by atoms with Crippen molar-refractivity contribution >= 4 is 12.1 Å². The Morgan fingerprint density at radius 3 is 2.20 bits per heavy atom. The van der Waals surface area contributed by atoms with Crippen molar-refractivity contribution in [1.82, 2.24) is 4.90 Å². The Morgan fingerprint density at radius 1 is 1.24 bits per heavy atom. The molecule has 2 heterocycles. The number of rotatable bonds is 4. The molecule has 1 amide bonds. The summed E-state index contributed by atoms with van der Waals surface area (Å²) in [5.41, 5.74) is -3.66. The van der Waals surface area contributed by atoms with Crippen molar-refractivity contribution in [3.8, 4) is 0 Å². The second-order valence-electron chi connectivity index (χ2n) is 7.97. The van der Waals surface area contributed by atoms with Crippen LogP contribution in [0.3, 0.4) is 0 Å². The van der Waals surface area contributed by atoms with Crippen molar-refractivity contribution in [2.24, 2.45) is 5.41 Å². The lowest BCUT2D eigenvalue weighted by molar-refractivity contribution is -0.278. The number of carbonyl (C=O) groups is 2. The normalized spacial score (nSPS) is 29.6. The topological polar surface area (TPSA) is 65.1 Å². The summed E-state index contributed by atoms with van der Waals surface area (Å²) < 4.78 is 54.2. The summed E-state index contributed by atoms with van der Waals surface area (Å²) in [6.45, 7) is 4.94. The van der Waals surface area contributed by atoms with E-state index < -0.39 is 40.9 Å². The van der Waals surface area contributed by atoms with Crippen LogP contribution in [0.25, 0.3) is 0 Å². The largest absolute Gasteiger partial charge is 0.467 e. The Kier molecular flexibility index (Phi) is 4.78. The third kappa shape index (κ3) is 3.70. The van der Waals surface area contributed by atoms with Gasteiger partial charge in [0.2, 0.25) is 0 Å². The molecule has 3 aliphatic rings. The van der Waals surface area contributed by atoms with Crippen molar-refractivity contribution in [1.29, 1.82) is 0 Å². The molecule has 144 valence electrons. The van der Waals surface area contributed by atoms with Crippen LogP contribution in [0.1, 0.15) is 40.0 Å². The van der Waals surface area contributed by atoms with Gasteiger partial charge in [-0.3, -0.25) is 4.90 Å². The highest BCUT2D eigenvalue weighted by Gasteiger charge is 2.74. The van der Waals surface area contributed by atoms with Gasteiger partial charge in [0.15, 0.2) is 5.60 Å². The number of hydrogen-bond donors (Lipinski definition) is 0. The molecule has 0 aromatic carbocycles. The minimum Gasteiger partial charge on any atom is -0.467 e. The number of nitrogens with zero attached hydrogens (tertiary/aromatic N) is 1. The molecule has 25 heavy (non-hydrogen) atoms. The van der Waals surface area contributed by atoms with Gasteiger partial charge in [-0.2, -0.15) is 13.2 Å². The fourth-order valence-corrected chi connectivity index (χ4v) is 3.53. The summed E-state index contributed by atoms with van der Waals surface area (Å²) in [6, 6.07) is -1.03. The Bertz CT molecular complexity index is 549. The van der Waals surface area contributed by atoms with Crippen molar-refractivity contribution < 1.29 is 37.0 Å². The van der Waals surface area contributed by atoms with E-state index in [1.165, 1.54) is 14.2 Å². The lowest BCUT2D eigenvalue weighted by Crippen LogP contribution is -2.57. The van der Waals surface area contributed by atoms with Gasteiger partial charge in [0.05, 0.1) is 13.7 Å². The third-order valence-electron chi connectivity index (χ3n) is 4.74. The summed E-state index contributed by atoms with van der Waals surface area (Å²) in [5.74, 6) is -0.695. The first-order valence-electron chi connectivity index (χ1n) is 7.99. The van der Waals surface area contributed by atoms with Gasteiger partial charge in [0.1, 0.15) is 11.6 Å². The molecule has 0 N–H and O–H groups in total. The molecule has 1 aliphatic carbocycles. The second kappa shape index (κ2) is 6.03.